The smallest absolute Gasteiger partial charge is 0.185 e. The molecule has 1 heterocycles. The van der Waals surface area contributed by atoms with Crippen LogP contribution in [0.1, 0.15) is 47.7 Å². The summed E-state index contributed by atoms with van der Waals surface area (Å²) in [4.78, 5) is 0. The van der Waals surface area contributed by atoms with E-state index in [0.29, 0.717) is 18.4 Å². The summed E-state index contributed by atoms with van der Waals surface area (Å²) in [5, 5.41) is 23.6. The quantitative estimate of drug-likeness (QED) is 0.516. The third-order valence-electron chi connectivity index (χ3n) is 6.59. The molecule has 33 heavy (non-hydrogen) atoms. The van der Waals surface area contributed by atoms with Gasteiger partial charge in [-0.15, -0.1) is 0 Å². The summed E-state index contributed by atoms with van der Waals surface area (Å²) in [6.45, 7) is 7.78. The van der Waals surface area contributed by atoms with Gasteiger partial charge in [-0.1, -0.05) is 86.0 Å². The van der Waals surface area contributed by atoms with Crippen LogP contribution in [0.3, 0.4) is 0 Å². The van der Waals surface area contributed by atoms with Gasteiger partial charge in [-0.3, -0.25) is 0 Å². The van der Waals surface area contributed by atoms with Crippen LogP contribution in [0.2, 0.25) is 0 Å². The van der Waals surface area contributed by atoms with Crippen LogP contribution in [0.5, 0.6) is 0 Å². The lowest BCUT2D eigenvalue weighted by atomic mass is 9.90. The number of rotatable bonds is 6. The van der Waals surface area contributed by atoms with Crippen molar-refractivity contribution in [2.75, 3.05) is 0 Å². The van der Waals surface area contributed by atoms with Crippen molar-refractivity contribution in [1.82, 2.24) is 0 Å². The van der Waals surface area contributed by atoms with Crippen molar-refractivity contribution in [1.29, 1.82) is 0 Å². The predicted octanol–water partition coefficient (Wildman–Crippen LogP) is 5.14. The highest BCUT2D eigenvalue weighted by Gasteiger charge is 2.47. The van der Waals surface area contributed by atoms with E-state index >= 15 is 0 Å². The van der Waals surface area contributed by atoms with Crippen molar-refractivity contribution < 1.29 is 24.4 Å². The fraction of sp³-hybridized carbons (Fsp3) is 0.286. The first kappa shape index (κ1) is 22.0. The summed E-state index contributed by atoms with van der Waals surface area (Å²) in [5.41, 5.74) is 3.43. The molecule has 170 valence electrons. The summed E-state index contributed by atoms with van der Waals surface area (Å²) < 4.78 is 18.4. The van der Waals surface area contributed by atoms with Crippen LogP contribution < -0.4 is 0 Å². The molecule has 0 spiro atoms. The maximum Gasteiger partial charge on any atom is 0.185 e. The molecule has 1 aliphatic carbocycles. The van der Waals surface area contributed by atoms with E-state index < -0.39 is 24.8 Å². The molecule has 5 heteroatoms. The first-order valence-electron chi connectivity index (χ1n) is 11.3. The molecule has 0 amide bonds. The van der Waals surface area contributed by atoms with Crippen molar-refractivity contribution in [3.05, 3.63) is 96.1 Å². The molecule has 3 aromatic rings. The van der Waals surface area contributed by atoms with Crippen LogP contribution in [0.15, 0.2) is 73.8 Å². The van der Waals surface area contributed by atoms with Gasteiger partial charge in [0.15, 0.2) is 12.6 Å². The summed E-state index contributed by atoms with van der Waals surface area (Å²) in [6.07, 6.45) is 0.807. The summed E-state index contributed by atoms with van der Waals surface area (Å²) in [6, 6.07) is 19.5. The molecule has 6 unspecified atom stereocenters. The number of benzene rings is 3. The van der Waals surface area contributed by atoms with Gasteiger partial charge in [-0.2, -0.15) is 0 Å². The van der Waals surface area contributed by atoms with E-state index in [4.69, 9.17) is 14.2 Å². The topological polar surface area (TPSA) is 68.2 Å². The highest BCUT2D eigenvalue weighted by Crippen LogP contribution is 2.42. The highest BCUT2D eigenvalue weighted by molar-refractivity contribution is 5.85. The zero-order valence-corrected chi connectivity index (χ0v) is 18.3. The maximum absolute atomic E-state index is 10.9. The summed E-state index contributed by atoms with van der Waals surface area (Å²) in [5.74, 6) is 0. The number of hydrogen-bond acceptors (Lipinski definition) is 5. The van der Waals surface area contributed by atoms with Crippen LogP contribution >= 0.6 is 0 Å². The number of ether oxygens (including phenoxy) is 3. The Kier molecular flexibility index (Phi) is 6.15. The lowest BCUT2D eigenvalue weighted by Gasteiger charge is -2.34. The van der Waals surface area contributed by atoms with Crippen molar-refractivity contribution in [2.45, 2.75) is 49.8 Å². The first-order chi connectivity index (χ1) is 16.1. The van der Waals surface area contributed by atoms with E-state index in [1.165, 1.54) is 0 Å². The molecule has 2 N–H and O–H groups in total. The van der Waals surface area contributed by atoms with Gasteiger partial charge in [0.2, 0.25) is 0 Å². The number of aliphatic hydroxyl groups excluding tert-OH is 2. The molecular formula is C28H28O5. The molecule has 0 aromatic heterocycles. The first-order valence-corrected chi connectivity index (χ1v) is 11.3. The SMILES string of the molecule is C=Cc1cccc(C2OC3CC(OC(O)c4cccc5ccccc45)CC(O)C3O2)c1C=C. The number of fused-ring (bicyclic) bond motifs is 2. The minimum atomic E-state index is -1.10. The minimum absolute atomic E-state index is 0.339. The van der Waals surface area contributed by atoms with E-state index in [1.54, 1.807) is 12.2 Å². The summed E-state index contributed by atoms with van der Waals surface area (Å²) in [7, 11) is 0. The van der Waals surface area contributed by atoms with Crippen molar-refractivity contribution in [2.24, 2.45) is 0 Å². The Bertz CT molecular complexity index is 1170. The monoisotopic (exact) mass is 444 g/mol. The molecule has 0 radical (unpaired) electrons. The van der Waals surface area contributed by atoms with Crippen LogP contribution in [0.25, 0.3) is 22.9 Å². The van der Waals surface area contributed by atoms with E-state index in [-0.39, 0.29) is 12.2 Å². The predicted molar refractivity (Wildman–Crippen MR) is 128 cm³/mol. The molecule has 5 nitrogen and oxygen atoms in total. The van der Waals surface area contributed by atoms with E-state index in [0.717, 1.165) is 27.5 Å². The average molecular weight is 445 g/mol. The fourth-order valence-electron chi connectivity index (χ4n) is 4.99. The van der Waals surface area contributed by atoms with E-state index in [9.17, 15) is 10.2 Å². The van der Waals surface area contributed by atoms with Crippen LogP contribution in [-0.2, 0) is 14.2 Å². The van der Waals surface area contributed by atoms with Crippen molar-refractivity contribution in [3.8, 4) is 0 Å². The van der Waals surface area contributed by atoms with E-state index in [1.807, 2.05) is 60.7 Å². The molecular weight excluding hydrogens is 416 g/mol. The molecule has 1 aliphatic heterocycles. The third-order valence-corrected chi connectivity index (χ3v) is 6.59. The zero-order chi connectivity index (χ0) is 22.9. The second-order valence-corrected chi connectivity index (χ2v) is 8.58. The van der Waals surface area contributed by atoms with Gasteiger partial charge in [0, 0.05) is 24.0 Å². The molecule has 5 rings (SSSR count). The largest absolute Gasteiger partial charge is 0.390 e. The molecule has 1 saturated heterocycles. The van der Waals surface area contributed by atoms with Gasteiger partial charge < -0.3 is 24.4 Å². The molecule has 6 atom stereocenters. The van der Waals surface area contributed by atoms with Crippen LogP contribution in [0, 0.1) is 0 Å². The number of hydrogen-bond donors (Lipinski definition) is 2. The minimum Gasteiger partial charge on any atom is -0.390 e. The van der Waals surface area contributed by atoms with Crippen molar-refractivity contribution in [3.63, 3.8) is 0 Å². The van der Waals surface area contributed by atoms with E-state index in [2.05, 4.69) is 13.2 Å². The molecule has 1 saturated carbocycles. The normalized spacial score (nSPS) is 27.8. The lowest BCUT2D eigenvalue weighted by Crippen LogP contribution is -2.45. The maximum atomic E-state index is 10.9. The molecule has 2 fully saturated rings. The Morgan fingerprint density at radius 1 is 0.939 bits per heavy atom. The van der Waals surface area contributed by atoms with Gasteiger partial charge in [0.05, 0.1) is 18.3 Å². The van der Waals surface area contributed by atoms with Gasteiger partial charge in [-0.25, -0.2) is 0 Å². The van der Waals surface area contributed by atoms with Crippen LogP contribution in [-0.4, -0.2) is 34.6 Å². The Morgan fingerprint density at radius 2 is 1.73 bits per heavy atom. The van der Waals surface area contributed by atoms with Gasteiger partial charge in [-0.05, 0) is 21.9 Å². The van der Waals surface area contributed by atoms with Gasteiger partial charge in [0.25, 0.3) is 0 Å². The zero-order valence-electron chi connectivity index (χ0n) is 18.3. The Balaban J connectivity index is 1.32. The highest BCUT2D eigenvalue weighted by atomic mass is 16.7. The molecule has 2 aliphatic rings. The Hall–Kier alpha value is -2.80. The van der Waals surface area contributed by atoms with Crippen molar-refractivity contribution >= 4 is 22.9 Å². The van der Waals surface area contributed by atoms with Gasteiger partial charge in [0.1, 0.15) is 6.10 Å². The third kappa shape index (κ3) is 4.14. The summed E-state index contributed by atoms with van der Waals surface area (Å²) >= 11 is 0. The molecule has 3 aromatic carbocycles. The fourth-order valence-corrected chi connectivity index (χ4v) is 4.99. The lowest BCUT2D eigenvalue weighted by molar-refractivity contribution is -0.173. The Labute approximate surface area is 193 Å². The molecule has 0 bridgehead atoms. The number of aliphatic hydroxyl groups is 2. The Morgan fingerprint density at radius 3 is 2.55 bits per heavy atom. The average Bonchev–Trinajstić information content (AvgIpc) is 3.27. The van der Waals surface area contributed by atoms with Crippen LogP contribution in [0.4, 0.5) is 0 Å². The van der Waals surface area contributed by atoms with Gasteiger partial charge >= 0.3 is 0 Å². The second-order valence-electron chi connectivity index (χ2n) is 8.58. The standard InChI is InChI=1S/C28H28O5/c1-3-17-10-7-14-23(20(17)4-2)28-32-25-16-19(15-24(29)26(25)33-28)31-27(30)22-13-8-11-18-9-5-6-12-21(18)22/h3-14,19,24-30H,1-2,15-16H2. The second kappa shape index (κ2) is 9.21.